The summed E-state index contributed by atoms with van der Waals surface area (Å²) in [5.41, 5.74) is -0.384. The van der Waals surface area contributed by atoms with Gasteiger partial charge < -0.3 is 15.2 Å². The molecule has 0 radical (unpaired) electrons. The van der Waals surface area contributed by atoms with Crippen molar-refractivity contribution in [2.45, 2.75) is 32.8 Å². The average molecular weight is 417 g/mol. The molecule has 148 valence electrons. The first kappa shape index (κ1) is 21.0. The molecule has 0 saturated heterocycles. The van der Waals surface area contributed by atoms with Gasteiger partial charge in [0.1, 0.15) is 17.2 Å². The van der Waals surface area contributed by atoms with E-state index < -0.39 is 44.0 Å². The maximum absolute atomic E-state index is 12.6. The van der Waals surface area contributed by atoms with Gasteiger partial charge in [-0.1, -0.05) is 11.6 Å². The van der Waals surface area contributed by atoms with Crippen LogP contribution in [0.3, 0.4) is 0 Å². The van der Waals surface area contributed by atoms with Crippen LogP contribution >= 0.6 is 11.6 Å². The maximum Gasteiger partial charge on any atom is 0.417 e. The lowest BCUT2D eigenvalue weighted by Crippen LogP contribution is -2.46. The number of nitrogens with one attached hydrogen (secondary N) is 1. The minimum Gasteiger partial charge on any atom is -0.511 e. The number of aliphatic hydroxyl groups is 1. The lowest BCUT2D eigenvalue weighted by Gasteiger charge is -2.29. The summed E-state index contributed by atoms with van der Waals surface area (Å²) in [5.74, 6) is -2.31. The van der Waals surface area contributed by atoms with Crippen molar-refractivity contribution in [3.63, 3.8) is 0 Å². The fourth-order valence-corrected chi connectivity index (χ4v) is 3.77. The van der Waals surface area contributed by atoms with Gasteiger partial charge in [-0.2, -0.15) is 0 Å². The van der Waals surface area contributed by atoms with Gasteiger partial charge in [0.15, 0.2) is 4.91 Å². The van der Waals surface area contributed by atoms with E-state index in [1.165, 1.54) is 0 Å². The number of imide groups is 1. The molecule has 2 amide bonds. The molecule has 27 heavy (non-hydrogen) atoms. The zero-order valence-electron chi connectivity index (χ0n) is 15.2. The number of sulfone groups is 1. The molecule has 0 spiro atoms. The highest BCUT2D eigenvalue weighted by atomic mass is 35.5. The van der Waals surface area contributed by atoms with Crippen molar-refractivity contribution in [2.75, 3.05) is 17.7 Å². The number of rotatable bonds is 4. The summed E-state index contributed by atoms with van der Waals surface area (Å²) in [6.07, 6.45) is -1.13. The third-order valence-electron chi connectivity index (χ3n) is 3.51. The minimum absolute atomic E-state index is 0.163. The van der Waals surface area contributed by atoms with Crippen LogP contribution in [0.5, 0.6) is 0 Å². The van der Waals surface area contributed by atoms with Crippen molar-refractivity contribution in [3.8, 4) is 0 Å². The molecule has 0 bridgehead atoms. The van der Waals surface area contributed by atoms with Crippen LogP contribution in [-0.4, -0.2) is 48.4 Å². The highest BCUT2D eigenvalue weighted by Crippen LogP contribution is 2.25. The first-order valence-corrected chi connectivity index (χ1v) is 10.1. The first-order chi connectivity index (χ1) is 12.4. The summed E-state index contributed by atoms with van der Waals surface area (Å²) >= 11 is 5.77. The van der Waals surface area contributed by atoms with Crippen molar-refractivity contribution in [3.05, 3.63) is 40.0 Å². The summed E-state index contributed by atoms with van der Waals surface area (Å²) in [6, 6.07) is 6.29. The van der Waals surface area contributed by atoms with Crippen LogP contribution in [-0.2, 0) is 19.4 Å². The number of benzene rings is 1. The predicted molar refractivity (Wildman–Crippen MR) is 101 cm³/mol. The fourth-order valence-electron chi connectivity index (χ4n) is 2.30. The molecule has 0 saturated carbocycles. The van der Waals surface area contributed by atoms with E-state index in [0.29, 0.717) is 15.6 Å². The Hall–Kier alpha value is -2.26. The second-order valence-electron chi connectivity index (χ2n) is 6.91. The van der Waals surface area contributed by atoms with Gasteiger partial charge >= 0.3 is 6.09 Å². The number of carbonyl (C=O) groups is 2. The van der Waals surface area contributed by atoms with Gasteiger partial charge in [0.25, 0.3) is 5.91 Å². The Kier molecular flexibility index (Phi) is 6.06. The summed E-state index contributed by atoms with van der Waals surface area (Å²) in [5, 5.41) is 13.1. The Bertz CT molecular complexity index is 872. The summed E-state index contributed by atoms with van der Waals surface area (Å²) in [6.45, 7) is 4.71. The summed E-state index contributed by atoms with van der Waals surface area (Å²) < 4.78 is 30.3. The van der Waals surface area contributed by atoms with Crippen molar-refractivity contribution < 1.29 is 27.9 Å². The molecule has 0 aliphatic carbocycles. The molecule has 2 N–H and O–H groups in total. The van der Waals surface area contributed by atoms with Gasteiger partial charge in [-0.05, 0) is 45.0 Å². The number of ether oxygens (including phenoxy) is 1. The highest BCUT2D eigenvalue weighted by molar-refractivity contribution is 7.96. The molecule has 1 aliphatic heterocycles. The lowest BCUT2D eigenvalue weighted by atomic mass is 10.2. The third kappa shape index (κ3) is 5.36. The lowest BCUT2D eigenvalue weighted by molar-refractivity contribution is -0.126. The quantitative estimate of drug-likeness (QED) is 0.775. The number of hydrogen-bond acceptors (Lipinski definition) is 7. The normalized spacial score (nSPS) is 15.7. The number of halogens is 1. The number of amides is 2. The average Bonchev–Trinajstić information content (AvgIpc) is 2.52. The molecule has 1 aromatic rings. The van der Waals surface area contributed by atoms with E-state index in [9.17, 15) is 23.1 Å². The molecule has 8 nitrogen and oxygen atoms in total. The van der Waals surface area contributed by atoms with Crippen molar-refractivity contribution >= 4 is 39.1 Å². The predicted octanol–water partition coefficient (Wildman–Crippen LogP) is 3.06. The van der Waals surface area contributed by atoms with Crippen LogP contribution in [0.2, 0.25) is 5.02 Å². The molecular weight excluding hydrogens is 396 g/mol. The maximum atomic E-state index is 12.6. The van der Waals surface area contributed by atoms with Crippen LogP contribution < -0.4 is 5.32 Å². The summed E-state index contributed by atoms with van der Waals surface area (Å²) in [7, 11) is -4.21. The van der Waals surface area contributed by atoms with Crippen LogP contribution in [0.1, 0.15) is 27.2 Å². The number of carbonyl (C=O) groups excluding carboxylic acids is 2. The van der Waals surface area contributed by atoms with Gasteiger partial charge in [-0.15, -0.1) is 0 Å². The van der Waals surface area contributed by atoms with Gasteiger partial charge in [0, 0.05) is 23.7 Å². The molecule has 0 fully saturated rings. The topological polar surface area (TPSA) is 113 Å². The Morgan fingerprint density at radius 1 is 1.30 bits per heavy atom. The minimum atomic E-state index is -4.21. The number of anilines is 1. The number of nitrogens with zero attached hydrogens (tertiary/aromatic N) is 1. The Morgan fingerprint density at radius 3 is 2.44 bits per heavy atom. The van der Waals surface area contributed by atoms with Gasteiger partial charge in [0.05, 0.1) is 0 Å². The number of aliphatic hydroxyl groups excluding tert-OH is 1. The zero-order valence-corrected chi connectivity index (χ0v) is 16.7. The molecule has 0 unspecified atom stereocenters. The smallest absolute Gasteiger partial charge is 0.417 e. The molecule has 0 aromatic heterocycles. The van der Waals surface area contributed by atoms with E-state index in [-0.39, 0.29) is 13.0 Å². The van der Waals surface area contributed by atoms with E-state index in [4.69, 9.17) is 16.3 Å². The van der Waals surface area contributed by atoms with E-state index in [1.54, 1.807) is 45.0 Å². The van der Waals surface area contributed by atoms with E-state index in [1.807, 2.05) is 0 Å². The monoisotopic (exact) mass is 416 g/mol. The van der Waals surface area contributed by atoms with Crippen LogP contribution in [0.4, 0.5) is 10.5 Å². The largest absolute Gasteiger partial charge is 0.511 e. The molecule has 1 heterocycles. The molecule has 2 rings (SSSR count). The molecule has 0 atom stereocenters. The first-order valence-electron chi connectivity index (χ1n) is 8.10. The van der Waals surface area contributed by atoms with E-state index in [2.05, 4.69) is 5.32 Å². The second-order valence-corrected chi connectivity index (χ2v) is 9.27. The van der Waals surface area contributed by atoms with Crippen LogP contribution in [0.15, 0.2) is 34.9 Å². The molecular formula is C17H21ClN2O6S. The summed E-state index contributed by atoms with van der Waals surface area (Å²) in [4.78, 5) is 24.6. The highest BCUT2D eigenvalue weighted by Gasteiger charge is 2.40. The van der Waals surface area contributed by atoms with Crippen LogP contribution in [0.25, 0.3) is 0 Å². The standard InChI is InChI=1S/C17H21ClN2O6S/c1-17(2,3)26-16(23)20-9-8-13(21)14(15(20)22)27(24,25)10-19-12-6-4-11(18)5-7-12/h4-7,19,21H,8-10H2,1-3H3. The Morgan fingerprint density at radius 2 is 1.89 bits per heavy atom. The van der Waals surface area contributed by atoms with Crippen LogP contribution in [0, 0.1) is 0 Å². The Balaban J connectivity index is 2.19. The molecule has 1 aromatic carbocycles. The Labute approximate surface area is 162 Å². The van der Waals surface area contributed by atoms with Crippen molar-refractivity contribution in [2.24, 2.45) is 0 Å². The second kappa shape index (κ2) is 7.77. The van der Waals surface area contributed by atoms with Gasteiger partial charge in [-0.25, -0.2) is 18.1 Å². The number of hydrogen-bond donors (Lipinski definition) is 2. The van der Waals surface area contributed by atoms with E-state index in [0.717, 1.165) is 0 Å². The molecule has 10 heteroatoms. The molecule has 1 aliphatic rings. The third-order valence-corrected chi connectivity index (χ3v) is 5.32. The fraction of sp³-hybridized carbons (Fsp3) is 0.412. The zero-order chi connectivity index (χ0) is 20.4. The van der Waals surface area contributed by atoms with Gasteiger partial charge in [-0.3, -0.25) is 4.79 Å². The van der Waals surface area contributed by atoms with Gasteiger partial charge in [0.2, 0.25) is 9.84 Å². The SMILES string of the molecule is CC(C)(C)OC(=O)N1CCC(O)=C(S(=O)(=O)CNc2ccc(Cl)cc2)C1=O. The van der Waals surface area contributed by atoms with Crippen molar-refractivity contribution in [1.29, 1.82) is 0 Å². The van der Waals surface area contributed by atoms with Crippen molar-refractivity contribution in [1.82, 2.24) is 4.90 Å². The van der Waals surface area contributed by atoms with E-state index >= 15 is 0 Å².